The summed E-state index contributed by atoms with van der Waals surface area (Å²) in [5, 5.41) is 10.9. The van der Waals surface area contributed by atoms with Gasteiger partial charge in [-0.15, -0.1) is 0 Å². The first kappa shape index (κ1) is 27.1. The summed E-state index contributed by atoms with van der Waals surface area (Å²) in [6.07, 6.45) is 9.88. The lowest BCUT2D eigenvalue weighted by molar-refractivity contribution is -0.115. The fourth-order valence-corrected chi connectivity index (χ4v) is 5.28. The molecule has 0 aliphatic heterocycles. The number of aromatic amines is 2. The molecule has 42 heavy (non-hydrogen) atoms. The fourth-order valence-electron chi connectivity index (χ4n) is 4.67. The summed E-state index contributed by atoms with van der Waals surface area (Å²) in [5.41, 5.74) is 6.08. The molecular formula is C29H25FN8O3S. The molecule has 0 atom stereocenters. The number of halogens is 1. The number of nitrogens with one attached hydrogen (secondary N) is 3. The molecule has 0 radical (unpaired) electrons. The van der Waals surface area contributed by atoms with Crippen molar-refractivity contribution < 1.29 is 17.6 Å². The normalized spacial score (nSPS) is 11.8. The third kappa shape index (κ3) is 5.59. The van der Waals surface area contributed by atoms with Gasteiger partial charge in [0.15, 0.2) is 11.5 Å². The van der Waals surface area contributed by atoms with E-state index in [9.17, 15) is 17.6 Å². The van der Waals surface area contributed by atoms with Gasteiger partial charge in [-0.1, -0.05) is 13.0 Å². The van der Waals surface area contributed by atoms with Crippen LogP contribution in [0.1, 0.15) is 18.9 Å². The minimum atomic E-state index is -3.20. The van der Waals surface area contributed by atoms with Crippen molar-refractivity contribution in [1.29, 1.82) is 0 Å². The number of nitrogens with zero attached hydrogens (tertiary/aromatic N) is 5. The molecule has 0 spiro atoms. The lowest BCUT2D eigenvalue weighted by Crippen LogP contribution is -2.09. The zero-order valence-corrected chi connectivity index (χ0v) is 23.5. The van der Waals surface area contributed by atoms with Crippen molar-refractivity contribution in [2.45, 2.75) is 19.8 Å². The summed E-state index contributed by atoms with van der Waals surface area (Å²) in [5.74, 6) is -0.185. The maximum Gasteiger partial charge on any atom is 0.224 e. The number of anilines is 1. The van der Waals surface area contributed by atoms with Gasteiger partial charge in [-0.2, -0.15) is 5.10 Å². The molecule has 0 saturated heterocycles. The molecule has 0 fully saturated rings. The van der Waals surface area contributed by atoms with Gasteiger partial charge < -0.3 is 10.3 Å². The number of fused-ring (bicyclic) bond motifs is 2. The SMILES string of the molecule is CCC(=O)Nc1cncc(-c2cnc3n[nH]c(-c4nc5c(-c6cc(F)cc(CCS(C)(=O)=O)c6)cncc5[nH]4)c3c2)c1. The average molecular weight is 585 g/mol. The number of imidazole rings is 1. The molecule has 1 aromatic carbocycles. The molecule has 0 bridgehead atoms. The Morgan fingerprint density at radius 2 is 1.79 bits per heavy atom. The molecule has 6 aromatic rings. The predicted octanol–water partition coefficient (Wildman–Crippen LogP) is 4.70. The van der Waals surface area contributed by atoms with Gasteiger partial charge in [0.05, 0.1) is 40.3 Å². The van der Waals surface area contributed by atoms with Gasteiger partial charge in [-0.05, 0) is 41.8 Å². The lowest BCUT2D eigenvalue weighted by Gasteiger charge is -2.07. The third-order valence-electron chi connectivity index (χ3n) is 6.75. The van der Waals surface area contributed by atoms with Crippen LogP contribution in [0.4, 0.5) is 10.1 Å². The largest absolute Gasteiger partial charge is 0.335 e. The van der Waals surface area contributed by atoms with E-state index in [4.69, 9.17) is 4.98 Å². The maximum absolute atomic E-state index is 14.6. The second kappa shape index (κ2) is 10.7. The van der Waals surface area contributed by atoms with Gasteiger partial charge in [-0.25, -0.2) is 22.8 Å². The number of carbonyl (C=O) groups is 1. The van der Waals surface area contributed by atoms with Gasteiger partial charge in [0, 0.05) is 48.0 Å². The van der Waals surface area contributed by atoms with Gasteiger partial charge >= 0.3 is 0 Å². The molecular weight excluding hydrogens is 559 g/mol. The molecule has 5 heterocycles. The van der Waals surface area contributed by atoms with E-state index in [1.165, 1.54) is 12.1 Å². The van der Waals surface area contributed by atoms with Gasteiger partial charge in [0.2, 0.25) is 5.91 Å². The number of H-pyrrole nitrogens is 2. The quantitative estimate of drug-likeness (QED) is 0.232. The van der Waals surface area contributed by atoms with E-state index in [1.54, 1.807) is 44.0 Å². The Bertz CT molecular complexity index is 2090. The fraction of sp³-hybridized carbons (Fsp3) is 0.172. The highest BCUT2D eigenvalue weighted by atomic mass is 32.2. The van der Waals surface area contributed by atoms with E-state index < -0.39 is 15.7 Å². The molecule has 6 rings (SSSR count). The van der Waals surface area contributed by atoms with Crippen molar-refractivity contribution in [2.75, 3.05) is 17.3 Å². The number of sulfone groups is 1. The first-order valence-electron chi connectivity index (χ1n) is 13.1. The van der Waals surface area contributed by atoms with E-state index in [0.29, 0.717) is 62.4 Å². The standard InChI is InChI=1S/C29H25FN8O3S/c1-3-25(39)34-21-9-18(11-31-13-21)19-10-22-27(37-38-28(22)33-12-19)29-35-24-15-32-14-23(26(24)36-29)17-6-16(7-20(30)8-17)4-5-42(2,40)41/h6-15H,3-5H2,1-2H3,(H,34,39)(H,35,36)(H,33,37,38). The molecule has 0 aliphatic rings. The zero-order chi connectivity index (χ0) is 29.4. The van der Waals surface area contributed by atoms with Crippen molar-refractivity contribution in [3.8, 4) is 33.8 Å². The number of amides is 1. The van der Waals surface area contributed by atoms with Crippen LogP contribution in [-0.4, -0.2) is 61.5 Å². The molecule has 5 aromatic heterocycles. The van der Waals surface area contributed by atoms with E-state index in [-0.39, 0.29) is 18.1 Å². The number of aromatic nitrogens is 7. The molecule has 13 heteroatoms. The van der Waals surface area contributed by atoms with Crippen LogP contribution in [0, 0.1) is 5.82 Å². The Balaban J connectivity index is 1.39. The Morgan fingerprint density at radius 3 is 2.60 bits per heavy atom. The van der Waals surface area contributed by atoms with Crippen LogP contribution < -0.4 is 5.32 Å². The summed E-state index contributed by atoms with van der Waals surface area (Å²) in [6.45, 7) is 1.78. The second-order valence-electron chi connectivity index (χ2n) is 9.95. The number of carbonyl (C=O) groups excluding carboxylic acids is 1. The smallest absolute Gasteiger partial charge is 0.224 e. The van der Waals surface area contributed by atoms with Crippen molar-refractivity contribution in [3.63, 3.8) is 0 Å². The first-order valence-corrected chi connectivity index (χ1v) is 15.1. The lowest BCUT2D eigenvalue weighted by atomic mass is 10.0. The number of aryl methyl sites for hydroxylation is 1. The Kier molecular flexibility index (Phi) is 6.94. The average Bonchev–Trinajstić information content (AvgIpc) is 3.59. The number of pyridine rings is 3. The van der Waals surface area contributed by atoms with Crippen LogP contribution in [0.15, 0.2) is 61.3 Å². The summed E-state index contributed by atoms with van der Waals surface area (Å²) in [7, 11) is -3.20. The van der Waals surface area contributed by atoms with Gasteiger partial charge in [0.25, 0.3) is 0 Å². The Morgan fingerprint density at radius 1 is 0.976 bits per heavy atom. The number of hydrogen-bond donors (Lipinski definition) is 3. The molecule has 0 aliphatic carbocycles. The minimum absolute atomic E-state index is 0.0818. The summed E-state index contributed by atoms with van der Waals surface area (Å²) < 4.78 is 37.9. The molecule has 3 N–H and O–H groups in total. The van der Waals surface area contributed by atoms with Crippen molar-refractivity contribution in [2.24, 2.45) is 0 Å². The van der Waals surface area contributed by atoms with Gasteiger partial charge in [0.1, 0.15) is 21.3 Å². The summed E-state index contributed by atoms with van der Waals surface area (Å²) in [6, 6.07) is 8.21. The summed E-state index contributed by atoms with van der Waals surface area (Å²) in [4.78, 5) is 33.0. The second-order valence-corrected chi connectivity index (χ2v) is 12.2. The zero-order valence-electron chi connectivity index (χ0n) is 22.6. The molecule has 0 unspecified atom stereocenters. The van der Waals surface area contributed by atoms with Crippen LogP contribution in [0.2, 0.25) is 0 Å². The van der Waals surface area contributed by atoms with Crippen molar-refractivity contribution in [1.82, 2.24) is 35.1 Å². The first-order chi connectivity index (χ1) is 20.2. The molecule has 212 valence electrons. The van der Waals surface area contributed by atoms with E-state index >= 15 is 0 Å². The van der Waals surface area contributed by atoms with Crippen LogP contribution in [0.5, 0.6) is 0 Å². The van der Waals surface area contributed by atoms with E-state index in [0.717, 1.165) is 17.4 Å². The van der Waals surface area contributed by atoms with Gasteiger partial charge in [-0.3, -0.25) is 19.9 Å². The van der Waals surface area contributed by atoms with Crippen LogP contribution in [0.25, 0.3) is 55.8 Å². The Hall–Kier alpha value is -5.04. The van der Waals surface area contributed by atoms with Crippen molar-refractivity contribution >= 4 is 43.5 Å². The number of benzene rings is 1. The van der Waals surface area contributed by atoms with E-state index in [2.05, 4.69) is 35.5 Å². The van der Waals surface area contributed by atoms with Crippen LogP contribution in [0.3, 0.4) is 0 Å². The summed E-state index contributed by atoms with van der Waals surface area (Å²) >= 11 is 0. The number of rotatable bonds is 8. The maximum atomic E-state index is 14.6. The Labute approximate surface area is 239 Å². The molecule has 1 amide bonds. The predicted molar refractivity (Wildman–Crippen MR) is 158 cm³/mol. The third-order valence-corrected chi connectivity index (χ3v) is 7.69. The topological polar surface area (TPSA) is 159 Å². The minimum Gasteiger partial charge on any atom is -0.335 e. The monoisotopic (exact) mass is 584 g/mol. The molecule has 11 nitrogen and oxygen atoms in total. The highest BCUT2D eigenvalue weighted by Crippen LogP contribution is 2.33. The highest BCUT2D eigenvalue weighted by molar-refractivity contribution is 7.90. The van der Waals surface area contributed by atoms with Crippen LogP contribution in [-0.2, 0) is 21.1 Å². The van der Waals surface area contributed by atoms with Crippen LogP contribution >= 0.6 is 0 Å². The van der Waals surface area contributed by atoms with E-state index in [1.807, 2.05) is 12.1 Å². The highest BCUT2D eigenvalue weighted by Gasteiger charge is 2.17. The molecule has 0 saturated carbocycles. The number of hydrogen-bond acceptors (Lipinski definition) is 8. The van der Waals surface area contributed by atoms with Crippen molar-refractivity contribution in [3.05, 3.63) is 72.7 Å².